The van der Waals surface area contributed by atoms with Gasteiger partial charge in [0.25, 0.3) is 0 Å². The van der Waals surface area contributed by atoms with Crippen molar-refractivity contribution in [1.82, 2.24) is 15.0 Å². The van der Waals surface area contributed by atoms with E-state index in [9.17, 15) is 0 Å². The third-order valence-corrected chi connectivity index (χ3v) is 2.53. The van der Waals surface area contributed by atoms with Crippen molar-refractivity contribution in [3.05, 3.63) is 18.5 Å². The number of aromatic nitrogens is 3. The number of nitrogens with zero attached hydrogens (tertiary/aromatic N) is 3. The third kappa shape index (κ3) is 3.40. The monoisotopic (exact) mass is 193 g/mol. The van der Waals surface area contributed by atoms with Crippen molar-refractivity contribution >= 4 is 0 Å². The average molecular weight is 193 g/mol. The predicted molar refractivity (Wildman–Crippen MR) is 57.0 cm³/mol. The van der Waals surface area contributed by atoms with E-state index < -0.39 is 0 Å². The van der Waals surface area contributed by atoms with E-state index in [4.69, 9.17) is 0 Å². The Balaban J connectivity index is 2.46. The molecule has 1 rings (SSSR count). The van der Waals surface area contributed by atoms with Crippen molar-refractivity contribution in [3.8, 4) is 0 Å². The van der Waals surface area contributed by atoms with E-state index >= 15 is 0 Å². The van der Waals surface area contributed by atoms with Gasteiger partial charge in [0.15, 0.2) is 0 Å². The van der Waals surface area contributed by atoms with Gasteiger partial charge in [-0.3, -0.25) is 0 Å². The third-order valence-electron chi connectivity index (χ3n) is 2.53. The van der Waals surface area contributed by atoms with Gasteiger partial charge in [0, 0.05) is 5.92 Å². The second-order valence-electron chi connectivity index (χ2n) is 3.60. The fraction of sp³-hybridized carbons (Fsp3) is 0.727. The average Bonchev–Trinajstić information content (AvgIpc) is 2.26. The summed E-state index contributed by atoms with van der Waals surface area (Å²) in [6, 6.07) is 0. The van der Waals surface area contributed by atoms with E-state index in [-0.39, 0.29) is 0 Å². The number of unbranched alkanes of at least 4 members (excludes halogenated alkanes) is 2. The van der Waals surface area contributed by atoms with Crippen LogP contribution < -0.4 is 0 Å². The zero-order valence-electron chi connectivity index (χ0n) is 9.11. The molecule has 0 aliphatic carbocycles. The highest BCUT2D eigenvalue weighted by Gasteiger charge is 2.10. The molecular weight excluding hydrogens is 174 g/mol. The fourth-order valence-electron chi connectivity index (χ4n) is 1.62. The summed E-state index contributed by atoms with van der Waals surface area (Å²) < 4.78 is 0. The van der Waals surface area contributed by atoms with Crippen LogP contribution >= 0.6 is 0 Å². The zero-order valence-corrected chi connectivity index (χ0v) is 9.11. The number of hydrogen-bond acceptors (Lipinski definition) is 3. The molecule has 1 atom stereocenters. The maximum Gasteiger partial charge on any atom is 0.135 e. The lowest BCUT2D eigenvalue weighted by molar-refractivity contribution is 0.528. The fourth-order valence-corrected chi connectivity index (χ4v) is 1.62. The molecule has 0 fully saturated rings. The first-order valence-electron chi connectivity index (χ1n) is 5.50. The van der Waals surface area contributed by atoms with E-state index in [1.165, 1.54) is 25.7 Å². The Morgan fingerprint density at radius 1 is 1.14 bits per heavy atom. The minimum Gasteiger partial charge on any atom is -0.225 e. The van der Waals surface area contributed by atoms with Gasteiger partial charge in [-0.25, -0.2) is 15.0 Å². The van der Waals surface area contributed by atoms with E-state index in [1.807, 2.05) is 0 Å². The molecule has 0 amide bonds. The minimum absolute atomic E-state index is 0.518. The predicted octanol–water partition coefficient (Wildman–Crippen LogP) is 2.95. The molecule has 0 aliphatic rings. The quantitative estimate of drug-likeness (QED) is 0.652. The van der Waals surface area contributed by atoms with Crippen LogP contribution in [0.25, 0.3) is 0 Å². The van der Waals surface area contributed by atoms with Gasteiger partial charge < -0.3 is 0 Å². The van der Waals surface area contributed by atoms with E-state index in [1.54, 1.807) is 12.7 Å². The maximum atomic E-state index is 4.21. The largest absolute Gasteiger partial charge is 0.225 e. The van der Waals surface area contributed by atoms with Crippen molar-refractivity contribution < 1.29 is 0 Å². The Bertz CT molecular complexity index is 236. The molecule has 0 radical (unpaired) electrons. The summed E-state index contributed by atoms with van der Waals surface area (Å²) in [4.78, 5) is 12.2. The van der Waals surface area contributed by atoms with Crippen molar-refractivity contribution in [3.63, 3.8) is 0 Å². The van der Waals surface area contributed by atoms with Crippen molar-refractivity contribution in [1.29, 1.82) is 0 Å². The maximum absolute atomic E-state index is 4.21. The normalized spacial score (nSPS) is 12.7. The molecule has 78 valence electrons. The summed E-state index contributed by atoms with van der Waals surface area (Å²) in [6.07, 6.45) is 9.35. The molecule has 3 heteroatoms. The van der Waals surface area contributed by atoms with Crippen molar-refractivity contribution in [2.45, 2.75) is 51.9 Å². The van der Waals surface area contributed by atoms with Crippen LogP contribution in [0.1, 0.15) is 57.7 Å². The van der Waals surface area contributed by atoms with Crippen LogP contribution in [0.15, 0.2) is 12.7 Å². The molecular formula is C11H19N3. The molecule has 1 aromatic heterocycles. The smallest absolute Gasteiger partial charge is 0.135 e. The molecule has 14 heavy (non-hydrogen) atoms. The van der Waals surface area contributed by atoms with Gasteiger partial charge in [0.05, 0.1) is 0 Å². The summed E-state index contributed by atoms with van der Waals surface area (Å²) in [5, 5.41) is 0. The molecule has 3 nitrogen and oxygen atoms in total. The van der Waals surface area contributed by atoms with Crippen LogP contribution in [0.2, 0.25) is 0 Å². The van der Waals surface area contributed by atoms with Gasteiger partial charge in [0.1, 0.15) is 18.5 Å². The molecule has 1 heterocycles. The van der Waals surface area contributed by atoms with E-state index in [0.29, 0.717) is 5.92 Å². The van der Waals surface area contributed by atoms with E-state index in [2.05, 4.69) is 28.8 Å². The second-order valence-corrected chi connectivity index (χ2v) is 3.60. The number of rotatable bonds is 6. The highest BCUT2D eigenvalue weighted by atomic mass is 15.0. The van der Waals surface area contributed by atoms with Gasteiger partial charge in [-0.1, -0.05) is 33.1 Å². The first kappa shape index (κ1) is 11.1. The van der Waals surface area contributed by atoms with Gasteiger partial charge in [-0.2, -0.15) is 0 Å². The lowest BCUT2D eigenvalue weighted by Crippen LogP contribution is -2.03. The lowest BCUT2D eigenvalue weighted by atomic mass is 9.98. The van der Waals surface area contributed by atoms with Gasteiger partial charge in [0.2, 0.25) is 0 Å². The molecule has 0 N–H and O–H groups in total. The van der Waals surface area contributed by atoms with E-state index in [0.717, 1.165) is 12.2 Å². The summed E-state index contributed by atoms with van der Waals surface area (Å²) in [7, 11) is 0. The van der Waals surface area contributed by atoms with Crippen LogP contribution in [0.5, 0.6) is 0 Å². The summed E-state index contributed by atoms with van der Waals surface area (Å²) >= 11 is 0. The summed E-state index contributed by atoms with van der Waals surface area (Å²) in [5.74, 6) is 1.48. The van der Waals surface area contributed by atoms with Gasteiger partial charge >= 0.3 is 0 Å². The van der Waals surface area contributed by atoms with Crippen LogP contribution in [0, 0.1) is 0 Å². The highest BCUT2D eigenvalue weighted by molar-refractivity contribution is 4.92. The molecule has 0 spiro atoms. The van der Waals surface area contributed by atoms with Crippen molar-refractivity contribution in [2.75, 3.05) is 0 Å². The Labute approximate surface area is 86.0 Å². The minimum atomic E-state index is 0.518. The van der Waals surface area contributed by atoms with Crippen LogP contribution in [-0.2, 0) is 0 Å². The van der Waals surface area contributed by atoms with Gasteiger partial charge in [-0.05, 0) is 12.8 Å². The SMILES string of the molecule is CCCCCC(CC)c1ncncn1. The second kappa shape index (κ2) is 6.46. The topological polar surface area (TPSA) is 38.7 Å². The molecule has 0 aliphatic heterocycles. The Morgan fingerprint density at radius 3 is 2.43 bits per heavy atom. The lowest BCUT2D eigenvalue weighted by Gasteiger charge is -2.11. The standard InChI is InChI=1S/C11H19N3/c1-3-5-6-7-10(4-2)11-13-8-12-9-14-11/h8-10H,3-7H2,1-2H3. The number of hydrogen-bond donors (Lipinski definition) is 0. The Hall–Kier alpha value is -0.990. The van der Waals surface area contributed by atoms with Crippen LogP contribution in [-0.4, -0.2) is 15.0 Å². The van der Waals surface area contributed by atoms with Crippen LogP contribution in [0.4, 0.5) is 0 Å². The Morgan fingerprint density at radius 2 is 1.86 bits per heavy atom. The zero-order chi connectivity index (χ0) is 10.2. The molecule has 0 bridgehead atoms. The Kier molecular flexibility index (Phi) is 5.12. The van der Waals surface area contributed by atoms with Crippen molar-refractivity contribution in [2.24, 2.45) is 0 Å². The molecule has 1 aromatic rings. The van der Waals surface area contributed by atoms with Crippen LogP contribution in [0.3, 0.4) is 0 Å². The molecule has 0 aromatic carbocycles. The summed E-state index contributed by atoms with van der Waals surface area (Å²) in [5.41, 5.74) is 0. The highest BCUT2D eigenvalue weighted by Crippen LogP contribution is 2.21. The summed E-state index contributed by atoms with van der Waals surface area (Å²) in [6.45, 7) is 4.42. The molecule has 0 saturated heterocycles. The first-order chi connectivity index (χ1) is 6.88. The molecule has 1 unspecified atom stereocenters. The molecule has 0 saturated carbocycles. The first-order valence-corrected chi connectivity index (χ1v) is 5.50. The van der Waals surface area contributed by atoms with Gasteiger partial charge in [-0.15, -0.1) is 0 Å².